The van der Waals surface area contributed by atoms with Crippen LogP contribution in [0.4, 0.5) is 0 Å². The molecule has 0 aromatic heterocycles. The van der Waals surface area contributed by atoms with Crippen molar-refractivity contribution >= 4 is 59.1 Å². The summed E-state index contributed by atoms with van der Waals surface area (Å²) in [5.41, 5.74) is 0. The Morgan fingerprint density at radius 2 is 0.714 bits per heavy atom. The summed E-state index contributed by atoms with van der Waals surface area (Å²) >= 11 is 0. The highest BCUT2D eigenvalue weighted by Gasteiger charge is 2.29. The average Bonchev–Trinajstić information content (AvgIpc) is 2.98. The van der Waals surface area contributed by atoms with Gasteiger partial charge >= 0.3 is 5.97 Å². The highest BCUT2D eigenvalue weighted by Crippen LogP contribution is 1.98. The molecule has 23 nitrogen and oxygen atoms in total. The first-order valence-electron chi connectivity index (χ1n) is 14.5. The zero-order valence-corrected chi connectivity index (χ0v) is 27.8. The number of carboxylic acids is 1. The molecule has 276 valence electrons. The van der Waals surface area contributed by atoms with Crippen molar-refractivity contribution in [2.24, 2.45) is 0 Å². The molecule has 0 saturated carbocycles. The minimum absolute atomic E-state index is 0.0334. The molecule has 0 spiro atoms. The Balaban J connectivity index is 4.84. The van der Waals surface area contributed by atoms with Crippen molar-refractivity contribution in [2.75, 3.05) is 19.6 Å². The molecule has 9 amide bonds. The van der Waals surface area contributed by atoms with Gasteiger partial charge in [0.1, 0.15) is 55.9 Å². The van der Waals surface area contributed by atoms with Gasteiger partial charge in [0.15, 0.2) is 0 Å². The summed E-state index contributed by atoms with van der Waals surface area (Å²) in [7, 11) is 0. The Hall–Kier alpha value is -5.42. The Kier molecular flexibility index (Phi) is 17.8. The number of carboxylic acid groups (broad SMARTS) is 1. The van der Waals surface area contributed by atoms with Gasteiger partial charge < -0.3 is 37.0 Å². The number of rotatable bonds is 18. The molecule has 0 unspecified atom stereocenters. The Labute approximate surface area is 279 Å². The number of nitrogens with zero attached hydrogens (tertiary/aromatic N) is 3. The minimum Gasteiger partial charge on any atom is -0.480 e. The molecule has 0 aromatic rings. The minimum atomic E-state index is -1.44. The lowest BCUT2D eigenvalue weighted by atomic mass is 10.2. The zero-order chi connectivity index (χ0) is 38.3. The third kappa shape index (κ3) is 15.8. The van der Waals surface area contributed by atoms with Crippen LogP contribution in [0.15, 0.2) is 0 Å². The van der Waals surface area contributed by atoms with Gasteiger partial charge in [0.2, 0.25) is 35.4 Å². The van der Waals surface area contributed by atoms with Crippen molar-refractivity contribution in [3.05, 3.63) is 0 Å². The van der Waals surface area contributed by atoms with Gasteiger partial charge in [-0.3, -0.25) is 63.6 Å². The molecule has 10 N–H and O–H groups in total. The second kappa shape index (κ2) is 20.1. The molecule has 0 aliphatic carbocycles. The molecule has 49 heavy (non-hydrogen) atoms. The summed E-state index contributed by atoms with van der Waals surface area (Å²) in [6.45, 7) is 5.39. The van der Waals surface area contributed by atoms with Crippen molar-refractivity contribution in [3.63, 3.8) is 0 Å². The monoisotopic (exact) mass is 705 g/mol. The van der Waals surface area contributed by atoms with Crippen LogP contribution >= 0.6 is 0 Å². The molecule has 0 aliphatic heterocycles. The van der Waals surface area contributed by atoms with Crippen LogP contribution in [0, 0.1) is 0 Å². The maximum absolute atomic E-state index is 12.5. The molecule has 0 saturated heterocycles. The molecule has 0 fully saturated rings. The van der Waals surface area contributed by atoms with Crippen LogP contribution in [0.3, 0.4) is 0 Å². The Morgan fingerprint density at radius 1 is 0.449 bits per heavy atom. The lowest BCUT2D eigenvalue weighted by Gasteiger charge is -2.24. The lowest BCUT2D eigenvalue weighted by Crippen LogP contribution is -2.55. The molecule has 0 radical (unpaired) electrons. The van der Waals surface area contributed by atoms with E-state index in [1.54, 1.807) is 0 Å². The van der Waals surface area contributed by atoms with Gasteiger partial charge in [-0.15, -0.1) is 0 Å². The van der Waals surface area contributed by atoms with E-state index < -0.39 is 115 Å². The third-order valence-electron chi connectivity index (χ3n) is 6.18. The summed E-state index contributed by atoms with van der Waals surface area (Å²) in [5, 5.41) is 51.3. The van der Waals surface area contributed by atoms with Gasteiger partial charge in [-0.2, -0.15) is 0 Å². The number of carbonyl (C=O) groups excluding carboxylic acids is 9. The summed E-state index contributed by atoms with van der Waals surface area (Å²) < 4.78 is 0. The van der Waals surface area contributed by atoms with E-state index in [0.29, 0.717) is 0 Å². The van der Waals surface area contributed by atoms with Gasteiger partial charge in [-0.25, -0.2) is 15.2 Å². The smallest absolute Gasteiger partial charge is 0.325 e. The molecule has 0 bridgehead atoms. The van der Waals surface area contributed by atoms with Gasteiger partial charge in [-0.05, 0) is 41.5 Å². The average molecular weight is 706 g/mol. The van der Waals surface area contributed by atoms with Crippen molar-refractivity contribution in [1.82, 2.24) is 47.1 Å². The second-order valence-electron chi connectivity index (χ2n) is 10.8. The van der Waals surface area contributed by atoms with Crippen molar-refractivity contribution in [1.29, 1.82) is 0 Å². The van der Waals surface area contributed by atoms with Crippen LogP contribution < -0.4 is 31.9 Å². The fourth-order valence-corrected chi connectivity index (χ4v) is 3.53. The molecular weight excluding hydrogens is 662 g/mol. The molecule has 0 aliphatic rings. The number of amides is 9. The van der Waals surface area contributed by atoms with Crippen LogP contribution in [0.25, 0.3) is 0 Å². The number of carbonyl (C=O) groups is 10. The van der Waals surface area contributed by atoms with Crippen LogP contribution in [-0.4, -0.2) is 151 Å². The predicted molar refractivity (Wildman–Crippen MR) is 159 cm³/mol. The number of aliphatic carboxylic acids is 1. The standard InChI is InChI=1S/C26H43N9O14/c1-11(28-18(37)8-33(47)23(42)13(3)27-17(7)36)21(40)31-14(4)24(43)34(48)9-19(38)29-12(2)22(41)32-15(5)25(44)35(49)10-20(39)30-16(6)26(45)46/h11-16,47-49H,8-10H2,1-7H3,(H,27,36)(H,28,37)(H,29,38)(H,30,39)(H,31,40)(H,32,41)(H,45,46)/t11-,12-,13-,14-,15-,16-/m0/s1. The zero-order valence-electron chi connectivity index (χ0n) is 27.8. The first-order chi connectivity index (χ1) is 22.5. The summed E-state index contributed by atoms with van der Waals surface area (Å²) in [4.78, 5) is 120. The summed E-state index contributed by atoms with van der Waals surface area (Å²) in [6, 6.07) is -7.96. The number of nitrogens with one attached hydrogen (secondary N) is 6. The van der Waals surface area contributed by atoms with Gasteiger partial charge in [0.25, 0.3) is 17.7 Å². The van der Waals surface area contributed by atoms with Crippen LogP contribution in [0.1, 0.15) is 48.5 Å². The van der Waals surface area contributed by atoms with Crippen molar-refractivity contribution in [2.45, 2.75) is 84.7 Å². The largest absolute Gasteiger partial charge is 0.480 e. The summed E-state index contributed by atoms with van der Waals surface area (Å²) in [5.74, 6) is -10.2. The van der Waals surface area contributed by atoms with E-state index in [-0.39, 0.29) is 15.2 Å². The van der Waals surface area contributed by atoms with E-state index in [1.807, 2.05) is 5.32 Å². The van der Waals surface area contributed by atoms with Crippen molar-refractivity contribution in [3.8, 4) is 0 Å². The predicted octanol–water partition coefficient (Wildman–Crippen LogP) is -5.23. The number of hydroxylamine groups is 6. The molecule has 0 heterocycles. The number of hydrogen-bond donors (Lipinski definition) is 10. The van der Waals surface area contributed by atoms with E-state index in [1.165, 1.54) is 20.8 Å². The first kappa shape index (κ1) is 43.6. The first-order valence-corrected chi connectivity index (χ1v) is 14.5. The molecule has 6 atom stereocenters. The van der Waals surface area contributed by atoms with Crippen LogP contribution in [0.2, 0.25) is 0 Å². The van der Waals surface area contributed by atoms with Gasteiger partial charge in [-0.1, -0.05) is 0 Å². The van der Waals surface area contributed by atoms with E-state index in [2.05, 4.69) is 26.6 Å². The number of hydrogen-bond acceptors (Lipinski definition) is 13. The Morgan fingerprint density at radius 3 is 0.980 bits per heavy atom. The maximum atomic E-state index is 12.5. The molecule has 0 rings (SSSR count). The normalized spacial score (nSPS) is 14.2. The van der Waals surface area contributed by atoms with Gasteiger partial charge in [0.05, 0.1) is 0 Å². The highest BCUT2D eigenvalue weighted by atomic mass is 16.5. The fourth-order valence-electron chi connectivity index (χ4n) is 3.53. The maximum Gasteiger partial charge on any atom is 0.325 e. The van der Waals surface area contributed by atoms with E-state index in [4.69, 9.17) is 5.11 Å². The summed E-state index contributed by atoms with van der Waals surface area (Å²) in [6.07, 6.45) is 0. The molecule has 23 heteroatoms. The quantitative estimate of drug-likeness (QED) is 0.0471. The topological polar surface area (TPSA) is 334 Å². The van der Waals surface area contributed by atoms with E-state index >= 15 is 0 Å². The molecule has 0 aromatic carbocycles. The van der Waals surface area contributed by atoms with E-state index in [0.717, 1.165) is 27.7 Å². The Bertz CT molecular complexity index is 1300. The van der Waals surface area contributed by atoms with E-state index in [9.17, 15) is 63.6 Å². The lowest BCUT2D eigenvalue weighted by molar-refractivity contribution is -0.171. The SMILES string of the molecule is CC(=O)N[C@@H](C)C(=O)N(O)CC(=O)N[C@@H](C)C(=O)N[C@@H](C)C(=O)N(O)CC(=O)N[C@@H](C)C(=O)N[C@@H](C)C(=O)N(O)CC(=O)N[C@@H](C)C(=O)O. The van der Waals surface area contributed by atoms with Gasteiger partial charge in [0, 0.05) is 6.92 Å². The van der Waals surface area contributed by atoms with Crippen LogP contribution in [-0.2, 0) is 47.9 Å². The second-order valence-corrected chi connectivity index (χ2v) is 10.8. The fraction of sp³-hybridized carbons (Fsp3) is 0.615. The highest BCUT2D eigenvalue weighted by molar-refractivity contribution is 5.95. The third-order valence-corrected chi connectivity index (χ3v) is 6.18. The van der Waals surface area contributed by atoms with Crippen LogP contribution in [0.5, 0.6) is 0 Å². The van der Waals surface area contributed by atoms with Crippen molar-refractivity contribution < 1.29 is 68.7 Å². The molecular formula is C26H43N9O14.